The van der Waals surface area contributed by atoms with Gasteiger partial charge in [-0.3, -0.25) is 4.79 Å². The van der Waals surface area contributed by atoms with Gasteiger partial charge in [0.25, 0.3) is 0 Å². The van der Waals surface area contributed by atoms with E-state index >= 15 is 0 Å². The third-order valence-electron chi connectivity index (χ3n) is 4.68. The van der Waals surface area contributed by atoms with E-state index < -0.39 is 0 Å². The lowest BCUT2D eigenvalue weighted by molar-refractivity contribution is -0.119. The second-order valence-electron chi connectivity index (χ2n) is 7.00. The maximum absolute atomic E-state index is 13.9. The van der Waals surface area contributed by atoms with Crippen molar-refractivity contribution in [3.8, 4) is 0 Å². The first-order valence-electron chi connectivity index (χ1n) is 9.37. The van der Waals surface area contributed by atoms with Gasteiger partial charge in [0.15, 0.2) is 0 Å². The van der Waals surface area contributed by atoms with Crippen molar-refractivity contribution in [3.63, 3.8) is 0 Å². The molecule has 0 aliphatic carbocycles. The molecule has 3 rings (SSSR count). The molecule has 0 radical (unpaired) electrons. The van der Waals surface area contributed by atoms with Crippen molar-refractivity contribution in [1.82, 2.24) is 5.32 Å². The van der Waals surface area contributed by atoms with Crippen molar-refractivity contribution in [2.24, 2.45) is 0 Å². The topological polar surface area (TPSA) is 29.1 Å². The summed E-state index contributed by atoms with van der Waals surface area (Å²) in [6.45, 7) is 4.11. The molecule has 150 valence electrons. The molecule has 0 fully saturated rings. The number of amides is 1. The maximum atomic E-state index is 13.9. The van der Waals surface area contributed by atoms with Gasteiger partial charge in [-0.05, 0) is 48.2 Å². The molecule has 0 spiro atoms. The van der Waals surface area contributed by atoms with Crippen LogP contribution in [0.4, 0.5) is 4.39 Å². The minimum Gasteiger partial charge on any atom is -0.344 e. The highest BCUT2D eigenvalue weighted by atomic mass is 35.5. The lowest BCUT2D eigenvalue weighted by Crippen LogP contribution is -2.31. The molecule has 0 aromatic heterocycles. The number of benzene rings is 3. The molecular formula is C24H23ClFNOS. The fourth-order valence-electron chi connectivity index (χ4n) is 3.23. The van der Waals surface area contributed by atoms with Gasteiger partial charge in [0.2, 0.25) is 5.91 Å². The zero-order chi connectivity index (χ0) is 20.8. The number of carbonyl (C=O) groups excluding carboxylic acids is 1. The highest BCUT2D eigenvalue weighted by Crippen LogP contribution is 2.26. The Kier molecular flexibility index (Phi) is 7.34. The monoisotopic (exact) mass is 427 g/mol. The van der Waals surface area contributed by atoms with Crippen LogP contribution in [0.15, 0.2) is 66.7 Å². The van der Waals surface area contributed by atoms with Crippen LogP contribution < -0.4 is 5.32 Å². The molecule has 1 N–H and O–H groups in total. The van der Waals surface area contributed by atoms with E-state index in [0.717, 1.165) is 16.7 Å². The Morgan fingerprint density at radius 2 is 1.83 bits per heavy atom. The van der Waals surface area contributed by atoms with Gasteiger partial charge in [0.05, 0.1) is 11.8 Å². The van der Waals surface area contributed by atoms with Crippen LogP contribution in [0.25, 0.3) is 0 Å². The van der Waals surface area contributed by atoms with Crippen molar-refractivity contribution in [1.29, 1.82) is 0 Å². The van der Waals surface area contributed by atoms with Crippen LogP contribution in [0.5, 0.6) is 0 Å². The summed E-state index contributed by atoms with van der Waals surface area (Å²) in [5.74, 6) is 0.229. The SMILES string of the molecule is Cc1ccc(C(NC(=O)CSCc2ccc(Cl)cc2F)c2ccccc2)c(C)c1. The number of rotatable bonds is 7. The van der Waals surface area contributed by atoms with Gasteiger partial charge in [0.1, 0.15) is 5.82 Å². The van der Waals surface area contributed by atoms with Crippen LogP contribution in [0.2, 0.25) is 5.02 Å². The Labute approximate surface area is 180 Å². The van der Waals surface area contributed by atoms with Gasteiger partial charge in [-0.15, -0.1) is 11.8 Å². The van der Waals surface area contributed by atoms with Crippen molar-refractivity contribution in [3.05, 3.63) is 105 Å². The van der Waals surface area contributed by atoms with Gasteiger partial charge < -0.3 is 5.32 Å². The molecule has 0 bridgehead atoms. The number of thioether (sulfide) groups is 1. The number of hydrogen-bond acceptors (Lipinski definition) is 2. The molecule has 0 saturated carbocycles. The Morgan fingerprint density at radius 3 is 2.52 bits per heavy atom. The van der Waals surface area contributed by atoms with Crippen molar-refractivity contribution in [2.45, 2.75) is 25.6 Å². The highest BCUT2D eigenvalue weighted by molar-refractivity contribution is 7.99. The zero-order valence-electron chi connectivity index (χ0n) is 16.4. The summed E-state index contributed by atoms with van der Waals surface area (Å²) in [7, 11) is 0. The minimum absolute atomic E-state index is 0.0850. The summed E-state index contributed by atoms with van der Waals surface area (Å²) >= 11 is 7.17. The molecule has 1 unspecified atom stereocenters. The van der Waals surface area contributed by atoms with Crippen molar-refractivity contribution >= 4 is 29.3 Å². The van der Waals surface area contributed by atoms with Crippen LogP contribution in [-0.2, 0) is 10.5 Å². The number of aryl methyl sites for hydroxylation is 2. The van der Waals surface area contributed by atoms with E-state index in [1.807, 2.05) is 30.3 Å². The summed E-state index contributed by atoms with van der Waals surface area (Å²) in [5, 5.41) is 3.51. The first kappa shape index (κ1) is 21.4. The normalized spacial score (nSPS) is 11.9. The van der Waals surface area contributed by atoms with E-state index in [0.29, 0.717) is 16.3 Å². The standard InChI is InChI=1S/C24H23ClFNOS/c1-16-8-11-21(17(2)12-16)24(18-6-4-3-5-7-18)27-23(28)15-29-14-19-9-10-20(25)13-22(19)26/h3-13,24H,14-15H2,1-2H3,(H,27,28). The third-order valence-corrected chi connectivity index (χ3v) is 5.90. The largest absolute Gasteiger partial charge is 0.344 e. The number of halogens is 2. The lowest BCUT2D eigenvalue weighted by atomic mass is 9.94. The molecule has 0 heterocycles. The molecule has 3 aromatic carbocycles. The van der Waals surface area contributed by atoms with Crippen LogP contribution >= 0.6 is 23.4 Å². The van der Waals surface area contributed by atoms with Gasteiger partial charge in [0, 0.05) is 10.8 Å². The quantitative estimate of drug-likeness (QED) is 0.483. The Morgan fingerprint density at radius 1 is 1.07 bits per heavy atom. The maximum Gasteiger partial charge on any atom is 0.230 e. The summed E-state index contributed by atoms with van der Waals surface area (Å²) in [6.07, 6.45) is 0. The average molecular weight is 428 g/mol. The molecule has 0 aliphatic rings. The average Bonchev–Trinajstić information content (AvgIpc) is 2.69. The number of carbonyl (C=O) groups is 1. The Balaban J connectivity index is 1.70. The third kappa shape index (κ3) is 5.84. The summed E-state index contributed by atoms with van der Waals surface area (Å²) in [4.78, 5) is 12.7. The molecule has 29 heavy (non-hydrogen) atoms. The molecular weight excluding hydrogens is 405 g/mol. The van der Waals surface area contributed by atoms with Gasteiger partial charge in [-0.25, -0.2) is 4.39 Å². The molecule has 1 atom stereocenters. The summed E-state index contributed by atoms with van der Waals surface area (Å²) in [5.41, 5.74) is 4.96. The molecule has 1 amide bonds. The van der Waals surface area contributed by atoms with Crippen LogP contribution in [-0.4, -0.2) is 11.7 Å². The van der Waals surface area contributed by atoms with Gasteiger partial charge in [-0.1, -0.05) is 71.8 Å². The van der Waals surface area contributed by atoms with Crippen molar-refractivity contribution < 1.29 is 9.18 Å². The molecule has 5 heteroatoms. The van der Waals surface area contributed by atoms with Crippen LogP contribution in [0.3, 0.4) is 0 Å². The molecule has 0 aliphatic heterocycles. The molecule has 0 saturated heterocycles. The van der Waals surface area contributed by atoms with Crippen LogP contribution in [0, 0.1) is 19.7 Å². The van der Waals surface area contributed by atoms with Crippen LogP contribution in [0.1, 0.15) is 33.9 Å². The lowest BCUT2D eigenvalue weighted by Gasteiger charge is -2.22. The fourth-order valence-corrected chi connectivity index (χ4v) is 4.21. The predicted molar refractivity (Wildman–Crippen MR) is 120 cm³/mol. The van der Waals surface area contributed by atoms with E-state index in [9.17, 15) is 9.18 Å². The van der Waals surface area contributed by atoms with Gasteiger partial charge >= 0.3 is 0 Å². The Hall–Kier alpha value is -2.30. The summed E-state index contributed by atoms with van der Waals surface area (Å²) in [6, 6.07) is 20.6. The first-order valence-corrected chi connectivity index (χ1v) is 10.9. The first-order chi connectivity index (χ1) is 13.9. The summed E-state index contributed by atoms with van der Waals surface area (Å²) < 4.78 is 13.9. The van der Waals surface area contributed by atoms with Crippen molar-refractivity contribution in [2.75, 3.05) is 5.75 Å². The highest BCUT2D eigenvalue weighted by Gasteiger charge is 2.18. The van der Waals surface area contributed by atoms with E-state index in [2.05, 4.69) is 37.4 Å². The second-order valence-corrected chi connectivity index (χ2v) is 8.42. The Bertz CT molecular complexity index is 993. The minimum atomic E-state index is -0.345. The zero-order valence-corrected chi connectivity index (χ0v) is 18.0. The van der Waals surface area contributed by atoms with E-state index in [-0.39, 0.29) is 23.5 Å². The van der Waals surface area contributed by atoms with Gasteiger partial charge in [-0.2, -0.15) is 0 Å². The predicted octanol–water partition coefficient (Wildman–Crippen LogP) is 6.23. The number of hydrogen-bond donors (Lipinski definition) is 1. The van der Waals surface area contributed by atoms with E-state index in [1.54, 1.807) is 12.1 Å². The molecule has 3 aromatic rings. The van der Waals surface area contributed by atoms with E-state index in [4.69, 9.17) is 11.6 Å². The smallest absolute Gasteiger partial charge is 0.230 e. The fraction of sp³-hybridized carbons (Fsp3) is 0.208. The number of nitrogens with one attached hydrogen (secondary N) is 1. The molecule has 2 nitrogen and oxygen atoms in total. The van der Waals surface area contributed by atoms with E-state index in [1.165, 1.54) is 23.4 Å². The second kappa shape index (κ2) is 9.95.